The van der Waals surface area contributed by atoms with Crippen LogP contribution in [0.5, 0.6) is 0 Å². The lowest BCUT2D eigenvalue weighted by atomic mass is 10.3. The van der Waals surface area contributed by atoms with Crippen molar-refractivity contribution >= 4 is 6.21 Å². The minimum Gasteiger partial charge on any atom is -0.295 e. The molecule has 0 radical (unpaired) electrons. The molecule has 0 spiro atoms. The smallest absolute Gasteiger partial charge is 0.0495 e. The first-order chi connectivity index (χ1) is 3.93. The van der Waals surface area contributed by atoms with Crippen molar-refractivity contribution in [3.8, 4) is 0 Å². The molecule has 0 N–H and O–H groups in total. The van der Waals surface area contributed by atoms with Crippen LogP contribution in [-0.2, 0) is 0 Å². The largest absolute Gasteiger partial charge is 0.295 e. The van der Waals surface area contributed by atoms with E-state index in [-0.39, 0.29) is 0 Å². The van der Waals surface area contributed by atoms with Crippen molar-refractivity contribution < 1.29 is 0 Å². The topological polar surface area (TPSA) is 12.4 Å². The highest BCUT2D eigenvalue weighted by atomic mass is 14.8. The Morgan fingerprint density at radius 3 is 2.50 bits per heavy atom. The second-order valence-corrected chi connectivity index (χ2v) is 2.35. The van der Waals surface area contributed by atoms with Gasteiger partial charge in [-0.15, -0.1) is 0 Å². The molecule has 0 aromatic heterocycles. The average molecular weight is 111 g/mol. The van der Waals surface area contributed by atoms with E-state index in [4.69, 9.17) is 0 Å². The van der Waals surface area contributed by atoms with Crippen LogP contribution in [0.3, 0.4) is 0 Å². The summed E-state index contributed by atoms with van der Waals surface area (Å²) in [5, 5.41) is 0. The first-order valence-corrected chi connectivity index (χ1v) is 3.41. The Morgan fingerprint density at radius 1 is 1.38 bits per heavy atom. The fourth-order valence-electron chi connectivity index (χ4n) is 1.26. The van der Waals surface area contributed by atoms with Gasteiger partial charge in [0.2, 0.25) is 0 Å². The third kappa shape index (κ3) is 1.32. The second kappa shape index (κ2) is 2.85. The molecular formula is C7H13N. The minimum absolute atomic E-state index is 0.681. The van der Waals surface area contributed by atoms with Crippen LogP contribution in [0.4, 0.5) is 0 Å². The van der Waals surface area contributed by atoms with Crippen molar-refractivity contribution in [2.75, 3.05) is 0 Å². The molecule has 0 unspecified atom stereocenters. The molecule has 1 nitrogen and oxygen atoms in total. The van der Waals surface area contributed by atoms with Crippen molar-refractivity contribution in [2.24, 2.45) is 4.99 Å². The number of aliphatic imine (C=N–C) groups is 1. The SMILES string of the molecule is C/C=N/C1CCCC1. The molecule has 0 amide bonds. The summed E-state index contributed by atoms with van der Waals surface area (Å²) in [7, 11) is 0. The maximum absolute atomic E-state index is 4.30. The highest BCUT2D eigenvalue weighted by Gasteiger charge is 2.11. The number of rotatable bonds is 1. The zero-order valence-corrected chi connectivity index (χ0v) is 5.43. The molecule has 0 aliphatic heterocycles. The van der Waals surface area contributed by atoms with Gasteiger partial charge in [0.1, 0.15) is 0 Å². The van der Waals surface area contributed by atoms with E-state index in [1.807, 2.05) is 13.1 Å². The van der Waals surface area contributed by atoms with Crippen LogP contribution >= 0.6 is 0 Å². The Balaban J connectivity index is 2.24. The molecule has 0 aromatic carbocycles. The molecule has 0 heterocycles. The van der Waals surface area contributed by atoms with E-state index in [0.29, 0.717) is 6.04 Å². The number of hydrogen-bond acceptors (Lipinski definition) is 1. The predicted molar refractivity (Wildman–Crippen MR) is 36.4 cm³/mol. The Morgan fingerprint density at radius 2 is 2.00 bits per heavy atom. The molecule has 1 fully saturated rings. The Bertz CT molecular complexity index is 80.4. The summed E-state index contributed by atoms with van der Waals surface area (Å²) in [5.74, 6) is 0. The molecule has 0 atom stereocenters. The van der Waals surface area contributed by atoms with E-state index >= 15 is 0 Å². The van der Waals surface area contributed by atoms with Gasteiger partial charge in [-0.3, -0.25) is 4.99 Å². The Hall–Kier alpha value is -0.330. The second-order valence-electron chi connectivity index (χ2n) is 2.35. The third-order valence-electron chi connectivity index (χ3n) is 1.68. The summed E-state index contributed by atoms with van der Waals surface area (Å²) >= 11 is 0. The first kappa shape index (κ1) is 5.80. The number of hydrogen-bond donors (Lipinski definition) is 0. The van der Waals surface area contributed by atoms with Crippen molar-refractivity contribution in [2.45, 2.75) is 38.6 Å². The van der Waals surface area contributed by atoms with Crippen LogP contribution in [0, 0.1) is 0 Å². The van der Waals surface area contributed by atoms with Crippen LogP contribution in [0.1, 0.15) is 32.6 Å². The van der Waals surface area contributed by atoms with Gasteiger partial charge >= 0.3 is 0 Å². The molecule has 0 bridgehead atoms. The van der Waals surface area contributed by atoms with Gasteiger partial charge in [-0.25, -0.2) is 0 Å². The monoisotopic (exact) mass is 111 g/mol. The summed E-state index contributed by atoms with van der Waals surface area (Å²) in [6.07, 6.45) is 7.36. The standard InChI is InChI=1S/C7H13N/c1-2-8-7-5-3-4-6-7/h2,7H,3-6H2,1H3/b8-2+. The van der Waals surface area contributed by atoms with Crippen LogP contribution in [0.25, 0.3) is 0 Å². The summed E-state index contributed by atoms with van der Waals surface area (Å²) < 4.78 is 0. The van der Waals surface area contributed by atoms with Crippen molar-refractivity contribution in [3.05, 3.63) is 0 Å². The molecule has 1 rings (SSSR count). The third-order valence-corrected chi connectivity index (χ3v) is 1.68. The zero-order chi connectivity index (χ0) is 5.82. The van der Waals surface area contributed by atoms with Gasteiger partial charge < -0.3 is 0 Å². The van der Waals surface area contributed by atoms with Crippen molar-refractivity contribution in [1.29, 1.82) is 0 Å². The van der Waals surface area contributed by atoms with E-state index in [2.05, 4.69) is 4.99 Å². The van der Waals surface area contributed by atoms with Crippen molar-refractivity contribution in [3.63, 3.8) is 0 Å². The van der Waals surface area contributed by atoms with Crippen LogP contribution in [0.15, 0.2) is 4.99 Å². The molecule has 1 aliphatic carbocycles. The molecule has 1 heteroatoms. The number of nitrogens with zero attached hydrogens (tertiary/aromatic N) is 1. The van der Waals surface area contributed by atoms with Gasteiger partial charge in [0, 0.05) is 6.04 Å². The van der Waals surface area contributed by atoms with Crippen LogP contribution in [-0.4, -0.2) is 12.3 Å². The van der Waals surface area contributed by atoms with E-state index in [9.17, 15) is 0 Å². The fourth-order valence-corrected chi connectivity index (χ4v) is 1.26. The summed E-state index contributed by atoms with van der Waals surface area (Å²) in [4.78, 5) is 4.30. The summed E-state index contributed by atoms with van der Waals surface area (Å²) in [6.45, 7) is 2.00. The van der Waals surface area contributed by atoms with E-state index in [1.54, 1.807) is 0 Å². The van der Waals surface area contributed by atoms with Gasteiger partial charge in [-0.1, -0.05) is 12.8 Å². The van der Waals surface area contributed by atoms with Gasteiger partial charge in [0.05, 0.1) is 0 Å². The zero-order valence-electron chi connectivity index (χ0n) is 5.43. The van der Waals surface area contributed by atoms with E-state index in [1.165, 1.54) is 25.7 Å². The first-order valence-electron chi connectivity index (χ1n) is 3.41. The molecule has 0 saturated heterocycles. The molecular weight excluding hydrogens is 98.1 g/mol. The predicted octanol–water partition coefficient (Wildman–Crippen LogP) is 2.02. The Kier molecular flexibility index (Phi) is 2.07. The van der Waals surface area contributed by atoms with E-state index < -0.39 is 0 Å². The van der Waals surface area contributed by atoms with Crippen LogP contribution in [0.2, 0.25) is 0 Å². The lowest BCUT2D eigenvalue weighted by Crippen LogP contribution is -1.93. The van der Waals surface area contributed by atoms with Gasteiger partial charge in [0.25, 0.3) is 0 Å². The lowest BCUT2D eigenvalue weighted by Gasteiger charge is -1.96. The van der Waals surface area contributed by atoms with Crippen molar-refractivity contribution in [1.82, 2.24) is 0 Å². The average Bonchev–Trinajstić information content (AvgIpc) is 2.19. The quantitative estimate of drug-likeness (QED) is 0.459. The van der Waals surface area contributed by atoms with E-state index in [0.717, 1.165) is 0 Å². The molecule has 46 valence electrons. The maximum atomic E-state index is 4.30. The highest BCUT2D eigenvalue weighted by Crippen LogP contribution is 2.20. The summed E-state index contributed by atoms with van der Waals surface area (Å²) in [6, 6.07) is 0.681. The molecule has 8 heavy (non-hydrogen) atoms. The normalized spacial score (nSPS) is 23.1. The molecule has 1 aliphatic rings. The minimum atomic E-state index is 0.681. The summed E-state index contributed by atoms with van der Waals surface area (Å²) in [5.41, 5.74) is 0. The van der Waals surface area contributed by atoms with Gasteiger partial charge in [-0.2, -0.15) is 0 Å². The maximum Gasteiger partial charge on any atom is 0.0495 e. The lowest BCUT2D eigenvalue weighted by molar-refractivity contribution is 0.709. The van der Waals surface area contributed by atoms with Gasteiger partial charge in [-0.05, 0) is 26.0 Å². The highest BCUT2D eigenvalue weighted by molar-refractivity contribution is 5.53. The fraction of sp³-hybridized carbons (Fsp3) is 0.857. The Labute approximate surface area is 50.8 Å². The molecule has 1 saturated carbocycles. The molecule has 0 aromatic rings. The van der Waals surface area contributed by atoms with Crippen LogP contribution < -0.4 is 0 Å². The van der Waals surface area contributed by atoms with Gasteiger partial charge in [0.15, 0.2) is 0 Å².